The number of ether oxygens (including phenoxy) is 1. The molecule has 1 amide bonds. The van der Waals surface area contributed by atoms with Gasteiger partial charge in [-0.15, -0.1) is 5.10 Å². The largest absolute Gasteiger partial charge is 0.378 e. The lowest BCUT2D eigenvalue weighted by atomic mass is 9.99. The molecule has 9 nitrogen and oxygen atoms in total. The lowest BCUT2D eigenvalue weighted by Gasteiger charge is -2.29. The molecule has 1 aromatic carbocycles. The van der Waals surface area contributed by atoms with Crippen molar-refractivity contribution in [3.05, 3.63) is 59.2 Å². The number of alkyl halides is 2. The summed E-state index contributed by atoms with van der Waals surface area (Å²) in [5.41, 5.74) is 0.978. The van der Waals surface area contributed by atoms with Gasteiger partial charge < -0.3 is 15.0 Å². The SMILES string of the molecule is Cc1cc(F)c(NC(=O)c2cnn(C(C)(C)C)c2F)cc1-c1cc(N2CCOCC2)n2nc(C3CC3(F)F)nc2c1. The zero-order chi connectivity index (χ0) is 29.3. The van der Waals surface area contributed by atoms with E-state index in [9.17, 15) is 18.0 Å². The molecule has 2 aliphatic rings. The van der Waals surface area contributed by atoms with Crippen molar-refractivity contribution in [2.24, 2.45) is 0 Å². The van der Waals surface area contributed by atoms with Gasteiger partial charge in [0.1, 0.15) is 17.2 Å². The number of carbonyl (C=O) groups is 1. The minimum atomic E-state index is -2.82. The van der Waals surface area contributed by atoms with Crippen LogP contribution in [0.3, 0.4) is 0 Å². The molecule has 13 heteroatoms. The Morgan fingerprint density at radius 3 is 2.46 bits per heavy atom. The molecule has 3 aromatic heterocycles. The summed E-state index contributed by atoms with van der Waals surface area (Å²) in [5.74, 6) is -5.51. The Hall–Kier alpha value is -4.00. The predicted molar refractivity (Wildman–Crippen MR) is 144 cm³/mol. The van der Waals surface area contributed by atoms with Crippen LogP contribution in [-0.4, -0.2) is 62.5 Å². The van der Waals surface area contributed by atoms with Gasteiger partial charge in [0, 0.05) is 19.5 Å². The van der Waals surface area contributed by atoms with Crippen LogP contribution < -0.4 is 10.2 Å². The van der Waals surface area contributed by atoms with Crippen LogP contribution in [-0.2, 0) is 10.3 Å². The molecule has 1 aliphatic heterocycles. The second-order valence-electron chi connectivity index (χ2n) is 11.5. The van der Waals surface area contributed by atoms with Crippen molar-refractivity contribution in [1.29, 1.82) is 0 Å². The number of benzene rings is 1. The van der Waals surface area contributed by atoms with E-state index in [1.54, 1.807) is 38.3 Å². The molecule has 1 unspecified atom stereocenters. The minimum Gasteiger partial charge on any atom is -0.378 e. The van der Waals surface area contributed by atoms with Gasteiger partial charge in [0.2, 0.25) is 5.95 Å². The monoisotopic (exact) mass is 571 g/mol. The van der Waals surface area contributed by atoms with Crippen molar-refractivity contribution in [2.75, 3.05) is 36.5 Å². The Bertz CT molecular complexity index is 1670. The third-order valence-electron chi connectivity index (χ3n) is 7.37. The van der Waals surface area contributed by atoms with Crippen LogP contribution in [0.25, 0.3) is 16.8 Å². The quantitative estimate of drug-likeness (QED) is 0.334. The first kappa shape index (κ1) is 27.2. The highest BCUT2D eigenvalue weighted by atomic mass is 19.3. The molecule has 1 saturated heterocycles. The summed E-state index contributed by atoms with van der Waals surface area (Å²) >= 11 is 0. The predicted octanol–water partition coefficient (Wildman–Crippen LogP) is 5.15. The van der Waals surface area contributed by atoms with Crippen molar-refractivity contribution in [1.82, 2.24) is 24.4 Å². The Morgan fingerprint density at radius 1 is 1.12 bits per heavy atom. The van der Waals surface area contributed by atoms with E-state index in [0.717, 1.165) is 10.9 Å². The highest BCUT2D eigenvalue weighted by molar-refractivity contribution is 6.04. The van der Waals surface area contributed by atoms with Crippen molar-refractivity contribution in [3.8, 4) is 11.1 Å². The number of amides is 1. The molecular weight excluding hydrogens is 542 g/mol. The third kappa shape index (κ3) is 4.92. The molecule has 2 fully saturated rings. The van der Waals surface area contributed by atoms with E-state index in [1.165, 1.54) is 12.1 Å². The van der Waals surface area contributed by atoms with Gasteiger partial charge in [-0.05, 0) is 68.7 Å². The maximum Gasteiger partial charge on any atom is 0.262 e. The average Bonchev–Trinajstić information content (AvgIpc) is 3.21. The van der Waals surface area contributed by atoms with E-state index in [1.807, 2.05) is 11.0 Å². The molecule has 0 bridgehead atoms. The second-order valence-corrected chi connectivity index (χ2v) is 11.5. The summed E-state index contributed by atoms with van der Waals surface area (Å²) in [6.45, 7) is 9.04. The Morgan fingerprint density at radius 2 is 1.83 bits per heavy atom. The van der Waals surface area contributed by atoms with Crippen LogP contribution in [0.2, 0.25) is 0 Å². The number of pyridine rings is 1. The number of fused-ring (bicyclic) bond motifs is 1. The summed E-state index contributed by atoms with van der Waals surface area (Å²) in [5, 5.41) is 10.9. The van der Waals surface area contributed by atoms with E-state index in [2.05, 4.69) is 20.5 Å². The van der Waals surface area contributed by atoms with Gasteiger partial charge in [-0.3, -0.25) is 4.79 Å². The van der Waals surface area contributed by atoms with Crippen LogP contribution in [0, 0.1) is 18.7 Å². The standard InChI is InChI=1S/C28H29F4N7O2/c1-15-9-20(29)21(34-26(40)18-14-33-39(24(18)30)27(2,3)4)12-17(15)16-10-22-35-25(19-13-28(19,31)32)36-38(22)23(11-16)37-5-7-41-8-6-37/h9-12,14,19H,5-8,13H2,1-4H3,(H,34,40). The van der Waals surface area contributed by atoms with E-state index < -0.39 is 35.1 Å². The highest BCUT2D eigenvalue weighted by Crippen LogP contribution is 2.54. The van der Waals surface area contributed by atoms with Gasteiger partial charge in [0.15, 0.2) is 11.5 Å². The fourth-order valence-corrected chi connectivity index (χ4v) is 5.02. The van der Waals surface area contributed by atoms with Crippen molar-refractivity contribution in [2.45, 2.75) is 51.5 Å². The summed E-state index contributed by atoms with van der Waals surface area (Å²) in [7, 11) is 0. The number of hydrogen-bond acceptors (Lipinski definition) is 6. The number of aromatic nitrogens is 5. The molecule has 4 aromatic rings. The first-order valence-electron chi connectivity index (χ1n) is 13.3. The molecule has 4 heterocycles. The smallest absolute Gasteiger partial charge is 0.262 e. The summed E-state index contributed by atoms with van der Waals surface area (Å²) < 4.78 is 65.8. The Balaban J connectivity index is 1.40. The van der Waals surface area contributed by atoms with Gasteiger partial charge in [-0.2, -0.15) is 14.0 Å². The van der Waals surface area contributed by atoms with Gasteiger partial charge in [-0.25, -0.2) is 22.8 Å². The number of anilines is 2. The number of aryl methyl sites for hydroxylation is 1. The first-order chi connectivity index (χ1) is 19.3. The average molecular weight is 572 g/mol. The van der Waals surface area contributed by atoms with Gasteiger partial charge in [0.25, 0.3) is 11.8 Å². The number of nitrogens with zero attached hydrogens (tertiary/aromatic N) is 6. The minimum absolute atomic E-state index is 0.0725. The molecule has 0 radical (unpaired) electrons. The van der Waals surface area contributed by atoms with Crippen molar-refractivity contribution < 1.29 is 27.1 Å². The molecule has 41 heavy (non-hydrogen) atoms. The number of hydrogen-bond donors (Lipinski definition) is 1. The van der Waals surface area contributed by atoms with Crippen LogP contribution in [0.4, 0.5) is 29.1 Å². The van der Waals surface area contributed by atoms with Gasteiger partial charge in [0.05, 0.1) is 36.6 Å². The summed E-state index contributed by atoms with van der Waals surface area (Å²) in [6.07, 6.45) is 0.816. The number of rotatable bonds is 5. The Labute approximate surface area is 233 Å². The van der Waals surface area contributed by atoms with Gasteiger partial charge >= 0.3 is 0 Å². The summed E-state index contributed by atoms with van der Waals surface area (Å²) in [6, 6.07) is 6.27. The number of nitrogens with one attached hydrogen (secondary N) is 1. The van der Waals surface area contributed by atoms with E-state index in [0.29, 0.717) is 54.5 Å². The van der Waals surface area contributed by atoms with Crippen LogP contribution in [0.15, 0.2) is 30.5 Å². The van der Waals surface area contributed by atoms with E-state index in [-0.39, 0.29) is 23.5 Å². The summed E-state index contributed by atoms with van der Waals surface area (Å²) in [4.78, 5) is 19.4. The van der Waals surface area contributed by atoms with Crippen molar-refractivity contribution in [3.63, 3.8) is 0 Å². The maximum absolute atomic E-state index is 15.1. The zero-order valence-electron chi connectivity index (χ0n) is 23.0. The fraction of sp³-hybridized carbons (Fsp3) is 0.429. The maximum atomic E-state index is 15.1. The normalized spacial score (nSPS) is 18.6. The Kier molecular flexibility index (Phi) is 6.32. The van der Waals surface area contributed by atoms with Crippen LogP contribution in [0.5, 0.6) is 0 Å². The number of carbonyl (C=O) groups excluding carboxylic acids is 1. The second kappa shape index (κ2) is 9.54. The molecule has 1 atom stereocenters. The molecule has 1 saturated carbocycles. The molecule has 216 valence electrons. The lowest BCUT2D eigenvalue weighted by molar-refractivity contribution is 0.102. The number of morpholine rings is 1. The topological polar surface area (TPSA) is 89.6 Å². The highest BCUT2D eigenvalue weighted by Gasteiger charge is 2.60. The van der Waals surface area contributed by atoms with Crippen LogP contribution >= 0.6 is 0 Å². The molecule has 1 N–H and O–H groups in total. The first-order valence-corrected chi connectivity index (χ1v) is 13.3. The molecular formula is C28H29F4N7O2. The lowest BCUT2D eigenvalue weighted by Crippen LogP contribution is -2.37. The fourth-order valence-electron chi connectivity index (χ4n) is 5.02. The number of halogens is 4. The molecule has 0 spiro atoms. The van der Waals surface area contributed by atoms with Crippen LogP contribution in [0.1, 0.15) is 54.9 Å². The zero-order valence-corrected chi connectivity index (χ0v) is 23.0. The van der Waals surface area contributed by atoms with Gasteiger partial charge in [-0.1, -0.05) is 0 Å². The van der Waals surface area contributed by atoms with E-state index >= 15 is 4.39 Å². The van der Waals surface area contributed by atoms with E-state index in [4.69, 9.17) is 4.74 Å². The third-order valence-corrected chi connectivity index (χ3v) is 7.37. The molecule has 1 aliphatic carbocycles. The van der Waals surface area contributed by atoms with Crippen molar-refractivity contribution >= 4 is 23.1 Å². The molecule has 6 rings (SSSR count).